The number of hydrogen-bond acceptors (Lipinski definition) is 4. The lowest BCUT2D eigenvalue weighted by atomic mass is 9.92. The monoisotopic (exact) mass is 407 g/mol. The van der Waals surface area contributed by atoms with Crippen molar-refractivity contribution in [2.24, 2.45) is 0 Å². The summed E-state index contributed by atoms with van der Waals surface area (Å²) in [5.41, 5.74) is 5.86. The Morgan fingerprint density at radius 1 is 1.30 bits per heavy atom. The highest BCUT2D eigenvalue weighted by Crippen LogP contribution is 2.39. The number of methoxy groups -OCH3 is 1. The fourth-order valence-corrected chi connectivity index (χ4v) is 4.71. The molecule has 2 aromatic carbocycles. The Morgan fingerprint density at radius 3 is 2.87 bits per heavy atom. The van der Waals surface area contributed by atoms with Crippen molar-refractivity contribution in [3.05, 3.63) is 58.8 Å². The largest absolute Gasteiger partial charge is 0.496 e. The van der Waals surface area contributed by atoms with Crippen LogP contribution in [-0.4, -0.2) is 41.7 Å². The molecule has 3 N–H and O–H groups in total. The molecule has 6 nitrogen and oxygen atoms in total. The predicted molar refractivity (Wildman–Crippen MR) is 120 cm³/mol. The van der Waals surface area contributed by atoms with Crippen LogP contribution >= 0.6 is 0 Å². The Hall–Kier alpha value is -2.99. The van der Waals surface area contributed by atoms with Gasteiger partial charge < -0.3 is 20.1 Å². The van der Waals surface area contributed by atoms with Crippen LogP contribution < -0.4 is 10.1 Å². The van der Waals surface area contributed by atoms with Gasteiger partial charge in [0.15, 0.2) is 0 Å². The lowest BCUT2D eigenvalue weighted by Crippen LogP contribution is -2.33. The van der Waals surface area contributed by atoms with Gasteiger partial charge in [-0.25, -0.2) is 4.79 Å². The van der Waals surface area contributed by atoms with E-state index in [0.717, 1.165) is 54.9 Å². The van der Waals surface area contributed by atoms with Gasteiger partial charge in [0.2, 0.25) is 0 Å². The van der Waals surface area contributed by atoms with Gasteiger partial charge in [-0.1, -0.05) is 12.5 Å². The number of nitrogens with zero attached hydrogens (tertiary/aromatic N) is 1. The van der Waals surface area contributed by atoms with Crippen LogP contribution in [0, 0.1) is 6.92 Å². The molecule has 30 heavy (non-hydrogen) atoms. The minimum absolute atomic E-state index is 0.226. The van der Waals surface area contributed by atoms with Crippen LogP contribution in [0.25, 0.3) is 10.9 Å². The van der Waals surface area contributed by atoms with E-state index in [9.17, 15) is 9.90 Å². The molecule has 4 rings (SSSR count). The number of aryl methyl sites for hydroxylation is 1. The number of fused-ring (bicyclic) bond motifs is 1. The van der Waals surface area contributed by atoms with Gasteiger partial charge in [0.05, 0.1) is 12.7 Å². The minimum atomic E-state index is -0.905. The predicted octanol–water partition coefficient (Wildman–Crippen LogP) is 4.95. The van der Waals surface area contributed by atoms with E-state index in [1.165, 1.54) is 16.5 Å². The van der Waals surface area contributed by atoms with Gasteiger partial charge >= 0.3 is 5.97 Å². The van der Waals surface area contributed by atoms with E-state index in [1.54, 1.807) is 19.2 Å². The molecule has 0 bridgehead atoms. The first-order chi connectivity index (χ1) is 14.5. The van der Waals surface area contributed by atoms with Crippen molar-refractivity contribution in [1.29, 1.82) is 0 Å². The second-order valence-corrected chi connectivity index (χ2v) is 7.98. The second kappa shape index (κ2) is 8.40. The number of anilines is 1. The Labute approximate surface area is 176 Å². The normalized spacial score (nSPS) is 17.2. The van der Waals surface area contributed by atoms with Crippen LogP contribution in [0.1, 0.15) is 52.4 Å². The molecule has 1 atom stereocenters. The molecule has 0 saturated carbocycles. The third-order valence-electron chi connectivity index (χ3n) is 6.23. The van der Waals surface area contributed by atoms with Crippen molar-refractivity contribution in [1.82, 2.24) is 9.88 Å². The molecule has 0 unspecified atom stereocenters. The molecule has 0 spiro atoms. The number of benzene rings is 2. The molecule has 1 aromatic heterocycles. The molecule has 1 aliphatic rings. The number of aromatic amines is 1. The third-order valence-corrected chi connectivity index (χ3v) is 6.23. The summed E-state index contributed by atoms with van der Waals surface area (Å²) in [5.74, 6) is 0.0109. The van der Waals surface area contributed by atoms with Gasteiger partial charge in [-0.3, -0.25) is 4.90 Å². The fourth-order valence-electron chi connectivity index (χ4n) is 4.71. The van der Waals surface area contributed by atoms with Crippen molar-refractivity contribution in [2.45, 2.75) is 38.8 Å². The molecule has 6 heteroatoms. The topological polar surface area (TPSA) is 77.6 Å². The maximum Gasteiger partial charge on any atom is 0.335 e. The van der Waals surface area contributed by atoms with Gasteiger partial charge in [0.25, 0.3) is 0 Å². The highest BCUT2D eigenvalue weighted by atomic mass is 16.5. The number of H-pyrrole nitrogens is 1. The van der Waals surface area contributed by atoms with Crippen LogP contribution in [0.5, 0.6) is 5.75 Å². The first-order valence-electron chi connectivity index (χ1n) is 10.5. The highest BCUT2D eigenvalue weighted by Gasteiger charge is 2.28. The van der Waals surface area contributed by atoms with Gasteiger partial charge in [-0.05, 0) is 61.7 Å². The number of aromatic carboxylic acids is 1. The third kappa shape index (κ3) is 3.63. The molecule has 0 aliphatic carbocycles. The number of carbonyl (C=O) groups is 1. The Morgan fingerprint density at radius 2 is 2.13 bits per heavy atom. The summed E-state index contributed by atoms with van der Waals surface area (Å²) in [6, 6.07) is 9.87. The number of hydrogen-bond donors (Lipinski definition) is 3. The van der Waals surface area contributed by atoms with E-state index in [-0.39, 0.29) is 6.04 Å². The van der Waals surface area contributed by atoms with Crippen molar-refractivity contribution in [3.8, 4) is 5.75 Å². The van der Waals surface area contributed by atoms with E-state index in [0.29, 0.717) is 5.56 Å². The summed E-state index contributed by atoms with van der Waals surface area (Å²) in [6.07, 6.45) is 5.35. The second-order valence-electron chi connectivity index (χ2n) is 7.98. The summed E-state index contributed by atoms with van der Waals surface area (Å²) in [5, 5.41) is 13.8. The van der Waals surface area contributed by atoms with Crippen molar-refractivity contribution in [3.63, 3.8) is 0 Å². The van der Waals surface area contributed by atoms with Gasteiger partial charge in [0, 0.05) is 48.0 Å². The molecular formula is C24H29N3O3. The fraction of sp³-hybridized carbons (Fsp3) is 0.375. The van der Waals surface area contributed by atoms with E-state index < -0.39 is 5.97 Å². The molecule has 1 aliphatic heterocycles. The molecule has 0 amide bonds. The first kappa shape index (κ1) is 20.3. The number of carboxylic acid groups (broad SMARTS) is 1. The van der Waals surface area contributed by atoms with Crippen molar-refractivity contribution in [2.75, 3.05) is 26.0 Å². The number of aromatic nitrogens is 1. The Bertz CT molecular complexity index is 1070. The smallest absolute Gasteiger partial charge is 0.335 e. The Kier molecular flexibility index (Phi) is 5.68. The number of piperidine rings is 1. The Balaban J connectivity index is 1.73. The molecule has 3 aromatic rings. The summed E-state index contributed by atoms with van der Waals surface area (Å²) in [4.78, 5) is 17.3. The van der Waals surface area contributed by atoms with Crippen molar-refractivity contribution >= 4 is 22.6 Å². The lowest BCUT2D eigenvalue weighted by molar-refractivity contribution is 0.0697. The number of likely N-dealkylation sites (tertiary alicyclic amines) is 1. The van der Waals surface area contributed by atoms with Crippen molar-refractivity contribution < 1.29 is 14.6 Å². The molecule has 1 fully saturated rings. The zero-order chi connectivity index (χ0) is 21.3. The number of carboxylic acids is 1. The number of ether oxygens (including phenoxy) is 1. The average molecular weight is 408 g/mol. The van der Waals surface area contributed by atoms with Gasteiger partial charge in [0.1, 0.15) is 5.75 Å². The van der Waals surface area contributed by atoms with E-state index in [2.05, 4.69) is 34.3 Å². The zero-order valence-electron chi connectivity index (χ0n) is 17.8. The molecule has 0 radical (unpaired) electrons. The van der Waals surface area contributed by atoms with Crippen LogP contribution in [0.15, 0.2) is 36.5 Å². The first-order valence-corrected chi connectivity index (χ1v) is 10.5. The SMILES string of the molecule is CNc1cc(C(=O)O)ccc1[C@H]1CCCCN1Cc1c(OC)cc(C)c2[nH]ccc12. The highest BCUT2D eigenvalue weighted by molar-refractivity contribution is 5.89. The average Bonchev–Trinajstić information content (AvgIpc) is 3.26. The van der Waals surface area contributed by atoms with Crippen LogP contribution in [0.2, 0.25) is 0 Å². The molecule has 2 heterocycles. The maximum absolute atomic E-state index is 11.4. The molecular weight excluding hydrogens is 378 g/mol. The summed E-state index contributed by atoms with van der Waals surface area (Å²) < 4.78 is 5.75. The summed E-state index contributed by atoms with van der Waals surface area (Å²) in [7, 11) is 3.58. The van der Waals surface area contributed by atoms with E-state index in [1.807, 2.05) is 19.3 Å². The lowest BCUT2D eigenvalue weighted by Gasteiger charge is -2.37. The van der Waals surface area contributed by atoms with Crippen LogP contribution in [-0.2, 0) is 6.54 Å². The number of nitrogens with one attached hydrogen (secondary N) is 2. The van der Waals surface area contributed by atoms with E-state index in [4.69, 9.17) is 4.74 Å². The standard InChI is InChI=1S/C24H29N3O3/c1-15-12-22(30-3)19(17-9-10-26-23(15)17)14-27-11-5-4-6-21(27)18-8-7-16(24(28)29)13-20(18)25-2/h7-10,12-13,21,25-26H,4-6,11,14H2,1-3H3,(H,28,29)/t21-/m1/s1. The minimum Gasteiger partial charge on any atom is -0.496 e. The van der Waals surface area contributed by atoms with Gasteiger partial charge in [-0.2, -0.15) is 0 Å². The number of rotatable bonds is 6. The molecule has 158 valence electrons. The summed E-state index contributed by atoms with van der Waals surface area (Å²) in [6.45, 7) is 3.88. The zero-order valence-corrected chi connectivity index (χ0v) is 17.8. The van der Waals surface area contributed by atoms with Crippen LogP contribution in [0.4, 0.5) is 5.69 Å². The molecule has 1 saturated heterocycles. The quantitative estimate of drug-likeness (QED) is 0.539. The summed E-state index contributed by atoms with van der Waals surface area (Å²) >= 11 is 0. The van der Waals surface area contributed by atoms with E-state index >= 15 is 0 Å². The van der Waals surface area contributed by atoms with Crippen LogP contribution in [0.3, 0.4) is 0 Å². The maximum atomic E-state index is 11.4. The van der Waals surface area contributed by atoms with Gasteiger partial charge in [-0.15, -0.1) is 0 Å².